The molecule has 2 N–H and O–H groups in total. The second-order valence-corrected chi connectivity index (χ2v) is 5.02. The summed E-state index contributed by atoms with van der Waals surface area (Å²) < 4.78 is 0. The number of fused-ring (bicyclic) bond motifs is 1. The number of aryl methyl sites for hydroxylation is 1. The monoisotopic (exact) mass is 295 g/mol. The molecule has 0 saturated carbocycles. The molecule has 0 aliphatic heterocycles. The van der Waals surface area contributed by atoms with E-state index >= 15 is 0 Å². The van der Waals surface area contributed by atoms with E-state index in [-0.39, 0.29) is 17.2 Å². The van der Waals surface area contributed by atoms with E-state index < -0.39 is 4.92 Å². The Morgan fingerprint density at radius 2 is 2.00 bits per heavy atom. The number of aromatic amines is 1. The van der Waals surface area contributed by atoms with Gasteiger partial charge in [0.15, 0.2) is 0 Å². The summed E-state index contributed by atoms with van der Waals surface area (Å²) in [5.41, 5.74) is 2.81. The van der Waals surface area contributed by atoms with Crippen molar-refractivity contribution in [1.29, 1.82) is 0 Å². The number of aromatic nitrogens is 1. The van der Waals surface area contributed by atoms with Crippen LogP contribution in [0, 0.1) is 17.0 Å². The van der Waals surface area contributed by atoms with Gasteiger partial charge in [0.2, 0.25) is 0 Å². The number of carbonyl (C=O) groups excluding carboxylic acids is 1. The summed E-state index contributed by atoms with van der Waals surface area (Å²) in [6.45, 7) is 1.96. The van der Waals surface area contributed by atoms with Gasteiger partial charge in [0.1, 0.15) is 0 Å². The Kier molecular flexibility index (Phi) is 3.34. The third-order valence-electron chi connectivity index (χ3n) is 3.33. The number of hydrogen-bond donors (Lipinski definition) is 2. The SMILES string of the molecule is Cc1cc2cc(NC(=O)c3cccc([N+](=O)[O-])c3)ccc2[nH]1. The van der Waals surface area contributed by atoms with E-state index in [4.69, 9.17) is 0 Å². The number of benzene rings is 2. The second-order valence-electron chi connectivity index (χ2n) is 5.02. The molecule has 6 nitrogen and oxygen atoms in total. The summed E-state index contributed by atoms with van der Waals surface area (Å²) in [4.78, 5) is 25.6. The molecule has 3 aromatic rings. The van der Waals surface area contributed by atoms with Crippen LogP contribution in [0.4, 0.5) is 11.4 Å². The zero-order valence-corrected chi connectivity index (χ0v) is 11.8. The highest BCUT2D eigenvalue weighted by atomic mass is 16.6. The number of nitro groups is 1. The molecule has 22 heavy (non-hydrogen) atoms. The van der Waals surface area contributed by atoms with E-state index in [1.807, 2.05) is 25.1 Å². The minimum absolute atomic E-state index is 0.107. The fraction of sp³-hybridized carbons (Fsp3) is 0.0625. The lowest BCUT2D eigenvalue weighted by molar-refractivity contribution is -0.384. The molecule has 0 spiro atoms. The summed E-state index contributed by atoms with van der Waals surface area (Å²) in [7, 11) is 0. The topological polar surface area (TPSA) is 88.0 Å². The van der Waals surface area contributed by atoms with E-state index in [0.717, 1.165) is 16.6 Å². The molecular formula is C16H13N3O3. The molecule has 0 bridgehead atoms. The molecule has 1 aromatic heterocycles. The summed E-state index contributed by atoms with van der Waals surface area (Å²) in [5, 5.41) is 14.5. The minimum Gasteiger partial charge on any atom is -0.359 e. The lowest BCUT2D eigenvalue weighted by atomic mass is 10.1. The highest BCUT2D eigenvalue weighted by Crippen LogP contribution is 2.21. The van der Waals surface area contributed by atoms with Crippen LogP contribution in [0.5, 0.6) is 0 Å². The van der Waals surface area contributed by atoms with E-state index in [1.165, 1.54) is 18.2 Å². The molecular weight excluding hydrogens is 282 g/mol. The number of H-pyrrole nitrogens is 1. The van der Waals surface area contributed by atoms with Gasteiger partial charge in [0, 0.05) is 40.0 Å². The maximum absolute atomic E-state index is 12.2. The van der Waals surface area contributed by atoms with E-state index in [2.05, 4.69) is 10.3 Å². The second kappa shape index (κ2) is 5.33. The first-order valence-electron chi connectivity index (χ1n) is 6.68. The molecule has 0 aliphatic carbocycles. The van der Waals surface area contributed by atoms with Crippen LogP contribution in [0.2, 0.25) is 0 Å². The van der Waals surface area contributed by atoms with Crippen LogP contribution < -0.4 is 5.32 Å². The fourth-order valence-electron chi connectivity index (χ4n) is 2.32. The normalized spacial score (nSPS) is 10.6. The van der Waals surface area contributed by atoms with Crippen molar-refractivity contribution in [3.05, 3.63) is 69.9 Å². The van der Waals surface area contributed by atoms with Crippen LogP contribution in [0.15, 0.2) is 48.5 Å². The molecule has 0 radical (unpaired) electrons. The number of hydrogen-bond acceptors (Lipinski definition) is 3. The Bertz CT molecular complexity index is 883. The van der Waals surface area contributed by atoms with Crippen molar-refractivity contribution >= 4 is 28.2 Å². The number of amides is 1. The predicted molar refractivity (Wildman–Crippen MR) is 84.1 cm³/mol. The first-order valence-corrected chi connectivity index (χ1v) is 6.68. The lowest BCUT2D eigenvalue weighted by Crippen LogP contribution is -2.11. The van der Waals surface area contributed by atoms with Crippen LogP contribution in [0.1, 0.15) is 16.1 Å². The average molecular weight is 295 g/mol. The quantitative estimate of drug-likeness (QED) is 0.571. The average Bonchev–Trinajstić information content (AvgIpc) is 2.86. The first-order chi connectivity index (χ1) is 10.5. The molecule has 1 heterocycles. The number of anilines is 1. The third kappa shape index (κ3) is 2.67. The maximum atomic E-state index is 12.2. The standard InChI is InChI=1S/C16H13N3O3/c1-10-7-12-8-13(5-6-15(12)17-10)18-16(20)11-3-2-4-14(9-11)19(21)22/h2-9,17H,1H3,(H,18,20). The van der Waals surface area contributed by atoms with Crippen molar-refractivity contribution in [3.8, 4) is 0 Å². The number of carbonyl (C=O) groups is 1. The van der Waals surface area contributed by atoms with Gasteiger partial charge < -0.3 is 10.3 Å². The molecule has 0 fully saturated rings. The Hall–Kier alpha value is -3.15. The van der Waals surface area contributed by atoms with Gasteiger partial charge in [-0.1, -0.05) is 6.07 Å². The molecule has 0 aliphatic rings. The van der Waals surface area contributed by atoms with Gasteiger partial charge in [-0.15, -0.1) is 0 Å². The van der Waals surface area contributed by atoms with E-state index in [9.17, 15) is 14.9 Å². The van der Waals surface area contributed by atoms with Crippen molar-refractivity contribution in [2.75, 3.05) is 5.32 Å². The molecule has 2 aromatic carbocycles. The van der Waals surface area contributed by atoms with Gasteiger partial charge in [-0.25, -0.2) is 0 Å². The van der Waals surface area contributed by atoms with Crippen molar-refractivity contribution in [2.45, 2.75) is 6.92 Å². The summed E-state index contributed by atoms with van der Waals surface area (Å²) in [6, 6.07) is 13.2. The van der Waals surface area contributed by atoms with Gasteiger partial charge in [-0.2, -0.15) is 0 Å². The minimum atomic E-state index is -0.522. The van der Waals surface area contributed by atoms with Gasteiger partial charge in [-0.3, -0.25) is 14.9 Å². The Morgan fingerprint density at radius 3 is 2.77 bits per heavy atom. The Labute approximate surface area is 125 Å². The van der Waals surface area contributed by atoms with Gasteiger partial charge in [0.05, 0.1) is 4.92 Å². The van der Waals surface area contributed by atoms with E-state index in [0.29, 0.717) is 5.69 Å². The largest absolute Gasteiger partial charge is 0.359 e. The van der Waals surface area contributed by atoms with Crippen molar-refractivity contribution < 1.29 is 9.72 Å². The molecule has 0 saturated heterocycles. The molecule has 3 rings (SSSR count). The first kappa shape index (κ1) is 13.8. The maximum Gasteiger partial charge on any atom is 0.270 e. The molecule has 0 atom stereocenters. The fourth-order valence-corrected chi connectivity index (χ4v) is 2.32. The molecule has 6 heteroatoms. The predicted octanol–water partition coefficient (Wildman–Crippen LogP) is 3.64. The lowest BCUT2D eigenvalue weighted by Gasteiger charge is -2.05. The zero-order valence-electron chi connectivity index (χ0n) is 11.8. The summed E-state index contributed by atoms with van der Waals surface area (Å²) >= 11 is 0. The van der Waals surface area contributed by atoms with Crippen molar-refractivity contribution in [1.82, 2.24) is 4.98 Å². The van der Waals surface area contributed by atoms with E-state index in [1.54, 1.807) is 12.1 Å². The smallest absolute Gasteiger partial charge is 0.270 e. The van der Waals surface area contributed by atoms with Crippen LogP contribution in [-0.4, -0.2) is 15.8 Å². The molecule has 1 amide bonds. The van der Waals surface area contributed by atoms with Gasteiger partial charge >= 0.3 is 0 Å². The zero-order chi connectivity index (χ0) is 15.7. The highest BCUT2D eigenvalue weighted by molar-refractivity contribution is 6.05. The Morgan fingerprint density at radius 1 is 1.18 bits per heavy atom. The van der Waals surface area contributed by atoms with Gasteiger partial charge in [-0.05, 0) is 37.3 Å². The summed E-state index contributed by atoms with van der Waals surface area (Å²) in [5.74, 6) is -0.379. The number of nitrogens with zero attached hydrogens (tertiary/aromatic N) is 1. The molecule has 0 unspecified atom stereocenters. The number of nitro benzene ring substituents is 1. The number of nitrogens with one attached hydrogen (secondary N) is 2. The number of rotatable bonds is 3. The summed E-state index contributed by atoms with van der Waals surface area (Å²) in [6.07, 6.45) is 0. The van der Waals surface area contributed by atoms with Crippen LogP contribution in [0.25, 0.3) is 10.9 Å². The number of non-ortho nitro benzene ring substituents is 1. The van der Waals surface area contributed by atoms with Crippen LogP contribution in [0.3, 0.4) is 0 Å². The van der Waals surface area contributed by atoms with Gasteiger partial charge in [0.25, 0.3) is 11.6 Å². The highest BCUT2D eigenvalue weighted by Gasteiger charge is 2.12. The van der Waals surface area contributed by atoms with Crippen LogP contribution in [-0.2, 0) is 0 Å². The Balaban J connectivity index is 1.86. The van der Waals surface area contributed by atoms with Crippen LogP contribution >= 0.6 is 0 Å². The molecule has 110 valence electrons. The van der Waals surface area contributed by atoms with Crippen molar-refractivity contribution in [3.63, 3.8) is 0 Å². The van der Waals surface area contributed by atoms with Crippen molar-refractivity contribution in [2.24, 2.45) is 0 Å². The third-order valence-corrected chi connectivity index (χ3v) is 3.33.